The second-order valence-corrected chi connectivity index (χ2v) is 7.10. The molecule has 136 valence electrons. The summed E-state index contributed by atoms with van der Waals surface area (Å²) in [5.74, 6) is 0.622. The van der Waals surface area contributed by atoms with Crippen molar-refractivity contribution in [3.05, 3.63) is 59.7 Å². The van der Waals surface area contributed by atoms with E-state index in [0.717, 1.165) is 42.9 Å². The highest BCUT2D eigenvalue weighted by Crippen LogP contribution is 2.19. The molecule has 4 aromatic rings. The maximum Gasteiger partial charge on any atom is 0.222 e. The minimum atomic E-state index is 0.622. The van der Waals surface area contributed by atoms with Gasteiger partial charge < -0.3 is 5.32 Å². The number of benzene rings is 1. The Kier molecular flexibility index (Phi) is 4.23. The Morgan fingerprint density at radius 3 is 2.85 bits per heavy atom. The van der Waals surface area contributed by atoms with Crippen molar-refractivity contribution in [1.29, 1.82) is 0 Å². The van der Waals surface area contributed by atoms with Crippen LogP contribution >= 0.6 is 11.7 Å². The molecule has 3 aromatic heterocycles. The van der Waals surface area contributed by atoms with E-state index >= 15 is 0 Å². The van der Waals surface area contributed by atoms with Gasteiger partial charge in [-0.1, -0.05) is 6.07 Å². The first-order valence-corrected chi connectivity index (χ1v) is 9.56. The fraction of sp³-hybridized carbons (Fsp3) is 0.278. The molecule has 9 heteroatoms. The van der Waals surface area contributed by atoms with Gasteiger partial charge in [-0.2, -0.15) is 13.8 Å². The number of nitrogens with one attached hydrogen (secondary N) is 1. The van der Waals surface area contributed by atoms with Crippen molar-refractivity contribution in [2.75, 3.05) is 11.9 Å². The van der Waals surface area contributed by atoms with Crippen molar-refractivity contribution in [2.45, 2.75) is 26.2 Å². The molecular weight excluding hydrogens is 360 g/mol. The Morgan fingerprint density at radius 2 is 1.93 bits per heavy atom. The molecule has 4 heterocycles. The minimum Gasteiger partial charge on any atom is -0.348 e. The number of rotatable bonds is 5. The highest BCUT2D eigenvalue weighted by Gasteiger charge is 2.18. The maximum absolute atomic E-state index is 4.70. The predicted octanol–water partition coefficient (Wildman–Crippen LogP) is 2.31. The summed E-state index contributed by atoms with van der Waals surface area (Å²) in [5, 5.41) is 7.91. The molecular formula is C18H18N8S. The van der Waals surface area contributed by atoms with Crippen LogP contribution in [0.1, 0.15) is 17.0 Å². The number of hydrogen-bond acceptors (Lipinski definition) is 8. The van der Waals surface area contributed by atoms with Crippen LogP contribution in [0.25, 0.3) is 11.0 Å². The van der Waals surface area contributed by atoms with Gasteiger partial charge in [0.05, 0.1) is 36.2 Å². The number of aromatic nitrogens is 6. The summed E-state index contributed by atoms with van der Waals surface area (Å²) in [4.78, 5) is 10.8. The van der Waals surface area contributed by atoms with E-state index in [4.69, 9.17) is 5.10 Å². The lowest BCUT2D eigenvalue weighted by Crippen LogP contribution is -2.33. The lowest BCUT2D eigenvalue weighted by Gasteiger charge is -2.27. The van der Waals surface area contributed by atoms with Crippen molar-refractivity contribution in [3.8, 4) is 0 Å². The quantitative estimate of drug-likeness (QED) is 0.570. The molecule has 0 atom stereocenters. The van der Waals surface area contributed by atoms with Crippen LogP contribution in [0.4, 0.5) is 5.95 Å². The van der Waals surface area contributed by atoms with Gasteiger partial charge in [0, 0.05) is 32.0 Å². The Morgan fingerprint density at radius 1 is 1.04 bits per heavy atom. The smallest absolute Gasteiger partial charge is 0.222 e. The topological polar surface area (TPSA) is 84.7 Å². The third kappa shape index (κ3) is 3.51. The number of nitrogens with zero attached hydrogens (tertiary/aromatic N) is 7. The average Bonchev–Trinajstić information content (AvgIpc) is 3.33. The zero-order valence-corrected chi connectivity index (χ0v) is 15.4. The average molecular weight is 378 g/mol. The summed E-state index contributed by atoms with van der Waals surface area (Å²) in [6, 6.07) is 10.3. The number of anilines is 1. The van der Waals surface area contributed by atoms with Crippen LogP contribution in [-0.2, 0) is 26.2 Å². The fourth-order valence-electron chi connectivity index (χ4n) is 3.35. The first-order valence-electron chi connectivity index (χ1n) is 8.83. The van der Waals surface area contributed by atoms with Gasteiger partial charge in [-0.05, 0) is 29.8 Å². The van der Waals surface area contributed by atoms with E-state index in [-0.39, 0.29) is 0 Å². The number of fused-ring (bicyclic) bond motifs is 2. The molecule has 0 saturated heterocycles. The Hall–Kier alpha value is -2.91. The Bertz CT molecular complexity index is 1060. The van der Waals surface area contributed by atoms with Crippen LogP contribution < -0.4 is 5.32 Å². The Balaban J connectivity index is 1.24. The lowest BCUT2D eigenvalue weighted by atomic mass is 10.1. The highest BCUT2D eigenvalue weighted by molar-refractivity contribution is 7.00. The summed E-state index contributed by atoms with van der Waals surface area (Å²) >= 11 is 1.26. The van der Waals surface area contributed by atoms with E-state index in [1.54, 1.807) is 18.5 Å². The second kappa shape index (κ2) is 7.01. The molecule has 1 aliphatic heterocycles. The van der Waals surface area contributed by atoms with Crippen molar-refractivity contribution >= 4 is 28.7 Å². The second-order valence-electron chi connectivity index (χ2n) is 6.57. The van der Waals surface area contributed by atoms with Crippen molar-refractivity contribution in [2.24, 2.45) is 0 Å². The molecule has 1 N–H and O–H groups in total. The molecule has 5 rings (SSSR count). The molecule has 0 fully saturated rings. The molecule has 27 heavy (non-hydrogen) atoms. The van der Waals surface area contributed by atoms with Crippen molar-refractivity contribution in [3.63, 3.8) is 0 Å². The van der Waals surface area contributed by atoms with Gasteiger partial charge in [0.2, 0.25) is 5.95 Å². The van der Waals surface area contributed by atoms with Crippen LogP contribution in [0.3, 0.4) is 0 Å². The molecule has 0 radical (unpaired) electrons. The maximum atomic E-state index is 4.70. The molecule has 8 nitrogen and oxygen atoms in total. The van der Waals surface area contributed by atoms with E-state index in [1.807, 2.05) is 0 Å². The van der Waals surface area contributed by atoms with Gasteiger partial charge in [0.25, 0.3) is 0 Å². The summed E-state index contributed by atoms with van der Waals surface area (Å²) in [5.41, 5.74) is 5.47. The van der Waals surface area contributed by atoms with Gasteiger partial charge in [0.1, 0.15) is 11.0 Å². The molecule has 0 spiro atoms. The molecule has 0 aliphatic carbocycles. The highest BCUT2D eigenvalue weighted by atomic mass is 32.1. The number of hydrogen-bond donors (Lipinski definition) is 1. The van der Waals surface area contributed by atoms with Crippen LogP contribution in [0.2, 0.25) is 0 Å². The van der Waals surface area contributed by atoms with Gasteiger partial charge >= 0.3 is 0 Å². The lowest BCUT2D eigenvalue weighted by molar-refractivity contribution is 0.205. The molecule has 1 aromatic carbocycles. The minimum absolute atomic E-state index is 0.622. The molecule has 0 unspecified atom stereocenters. The van der Waals surface area contributed by atoms with E-state index < -0.39 is 0 Å². The van der Waals surface area contributed by atoms with Crippen LogP contribution in [0.15, 0.2) is 42.7 Å². The third-order valence-corrected chi connectivity index (χ3v) is 5.20. The van der Waals surface area contributed by atoms with Gasteiger partial charge in [-0.3, -0.25) is 9.58 Å². The van der Waals surface area contributed by atoms with Crippen LogP contribution in [0, 0.1) is 0 Å². The Labute approximate surface area is 160 Å². The monoisotopic (exact) mass is 378 g/mol. The van der Waals surface area contributed by atoms with Crippen molar-refractivity contribution < 1.29 is 0 Å². The van der Waals surface area contributed by atoms with Crippen LogP contribution in [-0.4, -0.2) is 39.9 Å². The van der Waals surface area contributed by atoms with E-state index in [2.05, 4.69) is 57.9 Å². The normalized spacial score (nSPS) is 14.4. The molecule has 0 saturated carbocycles. The largest absolute Gasteiger partial charge is 0.348 e. The summed E-state index contributed by atoms with van der Waals surface area (Å²) in [6.07, 6.45) is 3.45. The van der Waals surface area contributed by atoms with Gasteiger partial charge in [0.15, 0.2) is 0 Å². The van der Waals surface area contributed by atoms with E-state index in [1.165, 1.54) is 23.0 Å². The standard InChI is InChI=1S/C18H18N8S/c1-4-19-18(20-5-1)21-10-14-9-15-12-25(6-7-26(15)22-14)11-13-2-3-16-17(8-13)24-27-23-16/h1-5,8-9H,6-7,10-12H2,(H,19,20,21). The zero-order valence-electron chi connectivity index (χ0n) is 14.6. The SMILES string of the molecule is c1cnc(NCc2cc3n(n2)CCN(Cc2ccc4nsnc4c2)C3)nc1. The van der Waals surface area contributed by atoms with E-state index in [9.17, 15) is 0 Å². The summed E-state index contributed by atoms with van der Waals surface area (Å²) in [6.45, 7) is 4.30. The van der Waals surface area contributed by atoms with Crippen molar-refractivity contribution in [1.82, 2.24) is 33.4 Å². The summed E-state index contributed by atoms with van der Waals surface area (Å²) in [7, 11) is 0. The first-order chi connectivity index (χ1) is 13.3. The van der Waals surface area contributed by atoms with Gasteiger partial charge in [-0.15, -0.1) is 0 Å². The molecule has 1 aliphatic rings. The van der Waals surface area contributed by atoms with Crippen LogP contribution in [0.5, 0.6) is 0 Å². The first kappa shape index (κ1) is 16.3. The molecule has 0 amide bonds. The molecule has 0 bridgehead atoms. The fourth-order valence-corrected chi connectivity index (χ4v) is 3.86. The predicted molar refractivity (Wildman–Crippen MR) is 103 cm³/mol. The van der Waals surface area contributed by atoms with E-state index in [0.29, 0.717) is 12.5 Å². The third-order valence-electron chi connectivity index (χ3n) is 4.65. The summed E-state index contributed by atoms with van der Waals surface area (Å²) < 4.78 is 10.7. The zero-order chi connectivity index (χ0) is 18.1. The van der Waals surface area contributed by atoms with Gasteiger partial charge in [-0.25, -0.2) is 9.97 Å².